The van der Waals surface area contributed by atoms with Crippen LogP contribution in [0.25, 0.3) is 0 Å². The number of nitrogens with zero attached hydrogens (tertiary/aromatic N) is 1. The molecule has 0 radical (unpaired) electrons. The first kappa shape index (κ1) is 10.1. The molecule has 1 aromatic carbocycles. The smallest absolute Gasteiger partial charge is 0.0580 e. The van der Waals surface area contributed by atoms with Crippen molar-refractivity contribution >= 4 is 17.3 Å². The summed E-state index contributed by atoms with van der Waals surface area (Å²) in [7, 11) is 0. The number of hydrogen-bond donors (Lipinski definition) is 0. The fourth-order valence-corrected chi connectivity index (χ4v) is 2.83. The molecule has 1 unspecified atom stereocenters. The van der Waals surface area contributed by atoms with Gasteiger partial charge in [-0.2, -0.15) is 0 Å². The van der Waals surface area contributed by atoms with Gasteiger partial charge in [0.1, 0.15) is 0 Å². The van der Waals surface area contributed by atoms with E-state index in [0.29, 0.717) is 5.92 Å². The second-order valence-corrected chi connectivity index (χ2v) is 4.88. The van der Waals surface area contributed by atoms with Gasteiger partial charge in [0.05, 0.1) is 6.54 Å². The minimum Gasteiger partial charge on any atom is -0.285 e. The van der Waals surface area contributed by atoms with Crippen molar-refractivity contribution in [3.63, 3.8) is 0 Å². The van der Waals surface area contributed by atoms with Crippen LogP contribution < -0.4 is 0 Å². The van der Waals surface area contributed by atoms with E-state index < -0.39 is 0 Å². The molecular weight excluding hydrogens is 218 g/mol. The number of rotatable bonds is 1. The topological polar surface area (TPSA) is 12.4 Å². The van der Waals surface area contributed by atoms with Gasteiger partial charge in [-0.3, -0.25) is 4.99 Å². The molecule has 0 saturated heterocycles. The molecule has 1 saturated carbocycles. The van der Waals surface area contributed by atoms with E-state index in [1.54, 1.807) is 0 Å². The summed E-state index contributed by atoms with van der Waals surface area (Å²) in [5.41, 5.74) is 4.18. The monoisotopic (exact) mass is 231 g/mol. The second kappa shape index (κ2) is 4.06. The van der Waals surface area contributed by atoms with Gasteiger partial charge in [0.15, 0.2) is 0 Å². The van der Waals surface area contributed by atoms with E-state index in [1.165, 1.54) is 29.7 Å². The molecule has 0 spiro atoms. The first-order chi connectivity index (χ1) is 7.84. The zero-order valence-electron chi connectivity index (χ0n) is 9.12. The van der Waals surface area contributed by atoms with E-state index in [2.05, 4.69) is 23.2 Å². The third-order valence-electron chi connectivity index (χ3n) is 3.48. The van der Waals surface area contributed by atoms with Crippen LogP contribution in [0.15, 0.2) is 40.9 Å². The Hall–Kier alpha value is -1.08. The van der Waals surface area contributed by atoms with Gasteiger partial charge in [-0.1, -0.05) is 29.8 Å². The fourth-order valence-electron chi connectivity index (χ4n) is 2.70. The Morgan fingerprint density at radius 2 is 2.00 bits per heavy atom. The van der Waals surface area contributed by atoms with Gasteiger partial charge in [0.25, 0.3) is 0 Å². The summed E-state index contributed by atoms with van der Waals surface area (Å²) in [6, 6.07) is 8.26. The lowest BCUT2D eigenvalue weighted by Crippen LogP contribution is -2.15. The van der Waals surface area contributed by atoms with Crippen LogP contribution in [0.4, 0.5) is 0 Å². The molecule has 0 bridgehead atoms. The van der Waals surface area contributed by atoms with Gasteiger partial charge in [0.2, 0.25) is 0 Å². The summed E-state index contributed by atoms with van der Waals surface area (Å²) < 4.78 is 0. The van der Waals surface area contributed by atoms with Crippen molar-refractivity contribution in [1.82, 2.24) is 0 Å². The lowest BCUT2D eigenvalue weighted by Gasteiger charge is -2.25. The van der Waals surface area contributed by atoms with Crippen LogP contribution in [0, 0.1) is 0 Å². The molecule has 0 amide bonds. The van der Waals surface area contributed by atoms with Gasteiger partial charge in [0, 0.05) is 16.7 Å². The predicted molar refractivity (Wildman–Crippen MR) is 68.4 cm³/mol. The average molecular weight is 232 g/mol. The molecule has 0 N–H and O–H groups in total. The molecule has 1 aliphatic heterocycles. The maximum Gasteiger partial charge on any atom is 0.0580 e. The van der Waals surface area contributed by atoms with Gasteiger partial charge in [-0.25, -0.2) is 0 Å². The predicted octanol–water partition coefficient (Wildman–Crippen LogP) is 3.99. The summed E-state index contributed by atoms with van der Waals surface area (Å²) in [5.74, 6) is 0.548. The number of fused-ring (bicyclic) bond motifs is 1. The molecule has 82 valence electrons. The van der Waals surface area contributed by atoms with Crippen LogP contribution >= 0.6 is 11.6 Å². The summed E-state index contributed by atoms with van der Waals surface area (Å²) in [5, 5.41) is 0.814. The minimum atomic E-state index is 0.548. The molecule has 3 rings (SSSR count). The van der Waals surface area contributed by atoms with Gasteiger partial charge in [-0.15, -0.1) is 0 Å². The Balaban J connectivity index is 1.94. The SMILES string of the molecule is Clc1ccc(C2CCCC3=NCC=C32)cc1. The van der Waals surface area contributed by atoms with Crippen LogP contribution in [-0.2, 0) is 0 Å². The number of benzene rings is 1. The zero-order valence-corrected chi connectivity index (χ0v) is 9.87. The molecule has 2 aliphatic rings. The molecule has 16 heavy (non-hydrogen) atoms. The lowest BCUT2D eigenvalue weighted by molar-refractivity contribution is 0.653. The van der Waals surface area contributed by atoms with Crippen LogP contribution in [0.3, 0.4) is 0 Å². The Kier molecular flexibility index (Phi) is 2.56. The van der Waals surface area contributed by atoms with Gasteiger partial charge >= 0.3 is 0 Å². The number of halogens is 1. The molecule has 1 atom stereocenters. The molecule has 1 heterocycles. The largest absolute Gasteiger partial charge is 0.285 e. The van der Waals surface area contributed by atoms with Crippen molar-refractivity contribution in [1.29, 1.82) is 0 Å². The molecular formula is C14H14ClN. The Bertz CT molecular complexity index is 456. The highest BCUT2D eigenvalue weighted by Gasteiger charge is 2.26. The number of aliphatic imine (C=N–C) groups is 1. The maximum atomic E-state index is 5.92. The van der Waals surface area contributed by atoms with Crippen LogP contribution in [-0.4, -0.2) is 12.3 Å². The van der Waals surface area contributed by atoms with Crippen molar-refractivity contribution in [3.8, 4) is 0 Å². The van der Waals surface area contributed by atoms with E-state index in [0.717, 1.165) is 18.0 Å². The Morgan fingerprint density at radius 3 is 2.81 bits per heavy atom. The van der Waals surface area contributed by atoms with Gasteiger partial charge in [-0.05, 0) is 42.5 Å². The fraction of sp³-hybridized carbons (Fsp3) is 0.357. The van der Waals surface area contributed by atoms with Crippen LogP contribution in [0.5, 0.6) is 0 Å². The Labute approximate surface area is 101 Å². The van der Waals surface area contributed by atoms with Crippen molar-refractivity contribution in [2.75, 3.05) is 6.54 Å². The minimum absolute atomic E-state index is 0.548. The number of allylic oxidation sites excluding steroid dienone is 1. The summed E-state index contributed by atoms with van der Waals surface area (Å²) in [4.78, 5) is 4.55. The van der Waals surface area contributed by atoms with E-state index in [4.69, 9.17) is 11.6 Å². The van der Waals surface area contributed by atoms with Crippen LogP contribution in [0.1, 0.15) is 30.7 Å². The highest BCUT2D eigenvalue weighted by molar-refractivity contribution is 6.30. The zero-order chi connectivity index (χ0) is 11.0. The normalized spacial score (nSPS) is 23.7. The van der Waals surface area contributed by atoms with Crippen molar-refractivity contribution < 1.29 is 0 Å². The average Bonchev–Trinajstić information content (AvgIpc) is 2.78. The lowest BCUT2D eigenvalue weighted by atomic mass is 9.79. The van der Waals surface area contributed by atoms with Crippen LogP contribution in [0.2, 0.25) is 5.02 Å². The third kappa shape index (κ3) is 1.69. The van der Waals surface area contributed by atoms with E-state index >= 15 is 0 Å². The summed E-state index contributed by atoms with van der Waals surface area (Å²) >= 11 is 5.92. The first-order valence-corrected chi connectivity index (χ1v) is 6.21. The summed E-state index contributed by atoms with van der Waals surface area (Å²) in [6.07, 6.45) is 5.94. The third-order valence-corrected chi connectivity index (χ3v) is 3.73. The van der Waals surface area contributed by atoms with Gasteiger partial charge < -0.3 is 0 Å². The molecule has 1 aromatic rings. The first-order valence-electron chi connectivity index (χ1n) is 5.84. The van der Waals surface area contributed by atoms with Crippen molar-refractivity contribution in [2.24, 2.45) is 4.99 Å². The summed E-state index contributed by atoms with van der Waals surface area (Å²) in [6.45, 7) is 0.884. The van der Waals surface area contributed by atoms with E-state index in [-0.39, 0.29) is 0 Å². The highest BCUT2D eigenvalue weighted by atomic mass is 35.5. The highest BCUT2D eigenvalue weighted by Crippen LogP contribution is 2.37. The molecule has 0 aromatic heterocycles. The molecule has 1 aliphatic carbocycles. The van der Waals surface area contributed by atoms with E-state index in [9.17, 15) is 0 Å². The maximum absolute atomic E-state index is 5.92. The molecule has 1 fully saturated rings. The quantitative estimate of drug-likeness (QED) is 0.693. The number of hydrogen-bond acceptors (Lipinski definition) is 1. The van der Waals surface area contributed by atoms with E-state index in [1.807, 2.05) is 12.1 Å². The standard InChI is InChI=1S/C14H14ClN/c15-11-6-4-10(5-7-11)12-2-1-3-14-13(12)8-9-16-14/h4-8,12H,1-3,9H2. The Morgan fingerprint density at radius 1 is 1.19 bits per heavy atom. The second-order valence-electron chi connectivity index (χ2n) is 4.44. The molecule has 2 heteroatoms. The van der Waals surface area contributed by atoms with Crippen molar-refractivity contribution in [2.45, 2.75) is 25.2 Å². The molecule has 1 nitrogen and oxygen atoms in total. The van der Waals surface area contributed by atoms with Crippen molar-refractivity contribution in [3.05, 3.63) is 46.5 Å².